The average molecular weight is 366 g/mol. The normalized spacial score (nSPS) is 25.1. The highest BCUT2D eigenvalue weighted by Gasteiger charge is 2.36. The van der Waals surface area contributed by atoms with Gasteiger partial charge in [-0.15, -0.1) is 12.4 Å². The first-order chi connectivity index (χ1) is 11.6. The van der Waals surface area contributed by atoms with Gasteiger partial charge in [-0.3, -0.25) is 14.9 Å². The number of likely N-dealkylation sites (tertiary alicyclic amines) is 1. The summed E-state index contributed by atoms with van der Waals surface area (Å²) in [5, 5.41) is 26.3. The second-order valence-electron chi connectivity index (χ2n) is 6.16. The Balaban J connectivity index is 0.00000225. The lowest BCUT2D eigenvalue weighted by Crippen LogP contribution is -2.45. The number of non-ortho nitro benzene ring substituents is 1. The molecule has 2 heterocycles. The molecule has 25 heavy (non-hydrogen) atoms. The second-order valence-corrected chi connectivity index (χ2v) is 6.16. The van der Waals surface area contributed by atoms with Gasteiger partial charge in [0.2, 0.25) is 5.91 Å². The number of nitriles is 1. The van der Waals surface area contributed by atoms with Gasteiger partial charge in [-0.05, 0) is 31.4 Å². The number of hydrogen-bond donors (Lipinski definition) is 2. The molecular formula is C16H20ClN5O3. The molecule has 3 rings (SSSR count). The lowest BCUT2D eigenvalue weighted by Gasteiger charge is -2.23. The van der Waals surface area contributed by atoms with E-state index in [0.29, 0.717) is 19.5 Å². The number of carbonyl (C=O) groups is 1. The van der Waals surface area contributed by atoms with E-state index in [4.69, 9.17) is 5.26 Å². The number of amides is 1. The maximum Gasteiger partial charge on any atom is 0.269 e. The molecule has 0 bridgehead atoms. The van der Waals surface area contributed by atoms with Gasteiger partial charge in [-0.2, -0.15) is 5.26 Å². The number of rotatable bonds is 4. The molecule has 9 heteroatoms. The summed E-state index contributed by atoms with van der Waals surface area (Å²) < 4.78 is 0. The predicted octanol–water partition coefficient (Wildman–Crippen LogP) is 1.67. The zero-order chi connectivity index (χ0) is 17.1. The minimum atomic E-state index is -0.433. The van der Waals surface area contributed by atoms with Crippen molar-refractivity contribution in [1.82, 2.24) is 10.2 Å². The third kappa shape index (κ3) is 4.18. The van der Waals surface area contributed by atoms with Crippen LogP contribution in [0, 0.1) is 21.4 Å². The van der Waals surface area contributed by atoms with Gasteiger partial charge in [0.1, 0.15) is 6.04 Å². The van der Waals surface area contributed by atoms with E-state index in [0.717, 1.165) is 18.5 Å². The van der Waals surface area contributed by atoms with Crippen molar-refractivity contribution in [2.75, 3.05) is 18.4 Å². The number of nitrogens with one attached hydrogen (secondary N) is 2. The van der Waals surface area contributed by atoms with Crippen LogP contribution in [-0.2, 0) is 4.79 Å². The number of halogens is 1. The molecule has 134 valence electrons. The van der Waals surface area contributed by atoms with Crippen molar-refractivity contribution in [3.8, 4) is 6.07 Å². The zero-order valence-electron chi connectivity index (χ0n) is 13.6. The van der Waals surface area contributed by atoms with Crippen LogP contribution >= 0.6 is 12.4 Å². The Morgan fingerprint density at radius 1 is 1.40 bits per heavy atom. The van der Waals surface area contributed by atoms with Gasteiger partial charge in [0, 0.05) is 37.0 Å². The average Bonchev–Trinajstić information content (AvgIpc) is 3.23. The molecule has 0 spiro atoms. The summed E-state index contributed by atoms with van der Waals surface area (Å²) >= 11 is 0. The molecule has 0 aliphatic carbocycles. The molecule has 2 saturated heterocycles. The Bertz CT molecular complexity index is 675. The number of carbonyl (C=O) groups excluding carboxylic acids is 1. The Kier molecular flexibility index (Phi) is 6.17. The van der Waals surface area contributed by atoms with Gasteiger partial charge in [0.15, 0.2) is 0 Å². The molecule has 1 aromatic rings. The number of benzene rings is 1. The summed E-state index contributed by atoms with van der Waals surface area (Å²) in [6.07, 6.45) is 2.26. The molecule has 2 aliphatic rings. The van der Waals surface area contributed by atoms with Crippen LogP contribution in [0.15, 0.2) is 24.3 Å². The highest BCUT2D eigenvalue weighted by molar-refractivity contribution is 5.85. The topological polar surface area (TPSA) is 111 Å². The van der Waals surface area contributed by atoms with Gasteiger partial charge >= 0.3 is 0 Å². The van der Waals surface area contributed by atoms with Crippen LogP contribution < -0.4 is 10.6 Å². The zero-order valence-corrected chi connectivity index (χ0v) is 14.4. The largest absolute Gasteiger partial charge is 0.381 e. The molecule has 3 atom stereocenters. The van der Waals surface area contributed by atoms with Crippen molar-refractivity contribution < 1.29 is 9.72 Å². The fourth-order valence-electron chi connectivity index (χ4n) is 3.31. The summed E-state index contributed by atoms with van der Waals surface area (Å²) in [4.78, 5) is 24.4. The number of anilines is 1. The van der Waals surface area contributed by atoms with Crippen molar-refractivity contribution in [1.29, 1.82) is 5.26 Å². The van der Waals surface area contributed by atoms with Crippen LogP contribution in [0.4, 0.5) is 11.4 Å². The van der Waals surface area contributed by atoms with Crippen LogP contribution in [-0.4, -0.2) is 46.9 Å². The van der Waals surface area contributed by atoms with E-state index in [-0.39, 0.29) is 42.1 Å². The van der Waals surface area contributed by atoms with Gasteiger partial charge in [-0.1, -0.05) is 0 Å². The number of hydrogen-bond acceptors (Lipinski definition) is 6. The molecule has 0 aromatic heterocycles. The van der Waals surface area contributed by atoms with E-state index >= 15 is 0 Å². The number of nitro groups is 1. The van der Waals surface area contributed by atoms with E-state index in [1.54, 1.807) is 17.0 Å². The summed E-state index contributed by atoms with van der Waals surface area (Å²) in [5.74, 6) is -0.00736. The fraction of sp³-hybridized carbons (Fsp3) is 0.500. The van der Waals surface area contributed by atoms with E-state index in [2.05, 4.69) is 16.7 Å². The maximum atomic E-state index is 12.5. The Hall–Kier alpha value is -2.37. The first-order valence-electron chi connectivity index (χ1n) is 8.03. The molecule has 0 radical (unpaired) electrons. The van der Waals surface area contributed by atoms with Gasteiger partial charge < -0.3 is 15.5 Å². The Morgan fingerprint density at radius 3 is 2.76 bits per heavy atom. The molecular weight excluding hydrogens is 346 g/mol. The molecule has 2 N–H and O–H groups in total. The maximum absolute atomic E-state index is 12.5. The highest BCUT2D eigenvalue weighted by Crippen LogP contribution is 2.22. The van der Waals surface area contributed by atoms with Gasteiger partial charge in [-0.25, -0.2) is 0 Å². The Morgan fingerprint density at radius 2 is 2.12 bits per heavy atom. The molecule has 8 nitrogen and oxygen atoms in total. The monoisotopic (exact) mass is 365 g/mol. The molecule has 2 aliphatic heterocycles. The summed E-state index contributed by atoms with van der Waals surface area (Å²) in [6.45, 7) is 1.29. The summed E-state index contributed by atoms with van der Waals surface area (Å²) in [6, 6.07) is 7.91. The fourth-order valence-corrected chi connectivity index (χ4v) is 3.31. The minimum absolute atomic E-state index is 0. The minimum Gasteiger partial charge on any atom is -0.381 e. The summed E-state index contributed by atoms with van der Waals surface area (Å²) in [7, 11) is 0. The van der Waals surface area contributed by atoms with Crippen LogP contribution in [0.5, 0.6) is 0 Å². The predicted molar refractivity (Wildman–Crippen MR) is 94.5 cm³/mol. The first kappa shape index (κ1) is 19.0. The van der Waals surface area contributed by atoms with Crippen molar-refractivity contribution in [2.45, 2.75) is 37.4 Å². The van der Waals surface area contributed by atoms with Crippen LogP contribution in [0.25, 0.3) is 0 Å². The summed E-state index contributed by atoms with van der Waals surface area (Å²) in [5.41, 5.74) is 0.839. The molecule has 2 fully saturated rings. The first-order valence-corrected chi connectivity index (χ1v) is 8.03. The van der Waals surface area contributed by atoms with Gasteiger partial charge in [0.05, 0.1) is 17.0 Å². The van der Waals surface area contributed by atoms with Crippen molar-refractivity contribution in [3.63, 3.8) is 0 Å². The van der Waals surface area contributed by atoms with E-state index < -0.39 is 4.92 Å². The lowest BCUT2D eigenvalue weighted by atomic mass is 10.1. The molecule has 1 aromatic carbocycles. The standard InChI is InChI=1S/C16H19N5O3.ClH/c17-9-14-2-1-7-20(14)16(22)15-8-12(10-18-15)19-11-3-5-13(6-4-11)21(23)24;/h3-6,12,14-15,18-19H,1-2,7-8,10H2;1H/t12-,14-,15-;/m0./s1. The third-order valence-electron chi connectivity index (χ3n) is 4.56. The quantitative estimate of drug-likeness (QED) is 0.620. The molecule has 0 unspecified atom stereocenters. The molecule has 1 amide bonds. The van der Waals surface area contributed by atoms with Crippen molar-refractivity contribution in [3.05, 3.63) is 34.4 Å². The van der Waals surface area contributed by atoms with E-state index in [1.165, 1.54) is 12.1 Å². The van der Waals surface area contributed by atoms with Crippen LogP contribution in [0.3, 0.4) is 0 Å². The van der Waals surface area contributed by atoms with Crippen molar-refractivity contribution in [2.24, 2.45) is 0 Å². The molecule has 0 saturated carbocycles. The number of nitrogens with zero attached hydrogens (tertiary/aromatic N) is 3. The highest BCUT2D eigenvalue weighted by atomic mass is 35.5. The SMILES string of the molecule is Cl.N#C[C@@H]1CCCN1C(=O)[C@@H]1C[C@H](Nc2ccc([N+](=O)[O-])cc2)CN1. The van der Waals surface area contributed by atoms with Crippen molar-refractivity contribution >= 4 is 29.7 Å². The Labute approximate surface area is 151 Å². The lowest BCUT2D eigenvalue weighted by molar-refractivity contribution is -0.384. The third-order valence-corrected chi connectivity index (χ3v) is 4.56. The van der Waals surface area contributed by atoms with E-state index in [9.17, 15) is 14.9 Å². The van der Waals surface area contributed by atoms with Crippen LogP contribution in [0.1, 0.15) is 19.3 Å². The van der Waals surface area contributed by atoms with Gasteiger partial charge in [0.25, 0.3) is 5.69 Å². The van der Waals surface area contributed by atoms with E-state index in [1.807, 2.05) is 0 Å². The smallest absolute Gasteiger partial charge is 0.269 e. The number of nitro benzene ring substituents is 1. The second kappa shape index (κ2) is 8.14. The van der Waals surface area contributed by atoms with Crippen LogP contribution in [0.2, 0.25) is 0 Å².